The molecule has 1 aliphatic rings. The lowest BCUT2D eigenvalue weighted by molar-refractivity contribution is -0.231. The van der Waals surface area contributed by atoms with Gasteiger partial charge in [0.15, 0.2) is 0 Å². The van der Waals surface area contributed by atoms with Gasteiger partial charge in [-0.1, -0.05) is 48.6 Å². The molecule has 6 heteroatoms. The lowest BCUT2D eigenvalue weighted by Gasteiger charge is -2.40. The van der Waals surface area contributed by atoms with E-state index in [1.807, 2.05) is 31.2 Å². The van der Waals surface area contributed by atoms with Crippen molar-refractivity contribution in [3.05, 3.63) is 76.9 Å². The van der Waals surface area contributed by atoms with Crippen LogP contribution in [-0.4, -0.2) is 51.4 Å². The van der Waals surface area contributed by atoms with Crippen molar-refractivity contribution in [2.24, 2.45) is 0 Å². The molecular weight excluding hydrogens is 370 g/mol. The van der Waals surface area contributed by atoms with Gasteiger partial charge in [0, 0.05) is 0 Å². The molecule has 2 aromatic rings. The van der Waals surface area contributed by atoms with E-state index in [0.717, 1.165) is 22.3 Å². The molecule has 6 nitrogen and oxygen atoms in total. The quantitative estimate of drug-likeness (QED) is 0.613. The van der Waals surface area contributed by atoms with Gasteiger partial charge in [0.05, 0.1) is 18.2 Å². The Bertz CT molecular complexity index is 916. The van der Waals surface area contributed by atoms with E-state index in [1.54, 1.807) is 18.2 Å². The fourth-order valence-electron chi connectivity index (χ4n) is 3.55. The molecule has 0 radical (unpaired) electrons. The van der Waals surface area contributed by atoms with Gasteiger partial charge in [-0.05, 0) is 41.7 Å². The van der Waals surface area contributed by atoms with Gasteiger partial charge in [0.2, 0.25) is 0 Å². The summed E-state index contributed by atoms with van der Waals surface area (Å²) < 4.78 is 5.63. The molecule has 0 aliphatic carbocycles. The molecule has 0 spiro atoms. The summed E-state index contributed by atoms with van der Waals surface area (Å²) in [6, 6.07) is 15.1. The van der Waals surface area contributed by atoms with E-state index < -0.39 is 37.1 Å². The average molecular weight is 395 g/mol. The molecule has 1 saturated heterocycles. The van der Waals surface area contributed by atoms with Crippen molar-refractivity contribution in [2.75, 3.05) is 6.61 Å². The van der Waals surface area contributed by atoms with Crippen LogP contribution in [0.25, 0.3) is 5.57 Å². The van der Waals surface area contributed by atoms with Crippen LogP contribution < -0.4 is 0 Å². The first-order chi connectivity index (χ1) is 13.8. The number of rotatable bonds is 5. The first-order valence-electron chi connectivity index (χ1n) is 9.44. The fraction of sp³-hybridized carbons (Fsp3) is 0.348. The summed E-state index contributed by atoms with van der Waals surface area (Å²) >= 11 is 0. The van der Waals surface area contributed by atoms with Crippen molar-refractivity contribution in [1.82, 2.24) is 0 Å². The van der Waals surface area contributed by atoms with Crippen molar-refractivity contribution in [3.63, 3.8) is 0 Å². The normalized spacial score (nSPS) is 26.7. The number of ether oxygens (including phenoxy) is 1. The third-order valence-electron chi connectivity index (χ3n) is 5.31. The molecule has 0 saturated carbocycles. The highest BCUT2D eigenvalue weighted by Crippen LogP contribution is 2.33. The third kappa shape index (κ3) is 4.40. The van der Waals surface area contributed by atoms with Crippen LogP contribution in [0.3, 0.4) is 0 Å². The predicted octanol–water partition coefficient (Wildman–Crippen LogP) is 1.70. The second-order valence-electron chi connectivity index (χ2n) is 7.43. The Hall–Kier alpha value is -2.53. The van der Waals surface area contributed by atoms with Crippen LogP contribution in [0.5, 0.6) is 0 Å². The van der Waals surface area contributed by atoms with Gasteiger partial charge in [-0.25, -0.2) is 0 Å². The van der Waals surface area contributed by atoms with Crippen LogP contribution in [-0.2, 0) is 11.2 Å². The summed E-state index contributed by atoms with van der Waals surface area (Å²) in [6.45, 7) is 5.38. The average Bonchev–Trinajstić information content (AvgIpc) is 2.72. The van der Waals surface area contributed by atoms with Crippen LogP contribution in [0, 0.1) is 11.3 Å². The van der Waals surface area contributed by atoms with E-state index >= 15 is 0 Å². The molecule has 29 heavy (non-hydrogen) atoms. The number of hydrogen-bond donors (Lipinski definition) is 4. The summed E-state index contributed by atoms with van der Waals surface area (Å²) in [4.78, 5) is 0. The summed E-state index contributed by atoms with van der Waals surface area (Å²) in [6.07, 6.45) is -5.61. The highest BCUT2D eigenvalue weighted by atomic mass is 16.5. The van der Waals surface area contributed by atoms with Crippen molar-refractivity contribution in [3.8, 4) is 6.07 Å². The van der Waals surface area contributed by atoms with Crippen molar-refractivity contribution >= 4 is 5.57 Å². The van der Waals surface area contributed by atoms with Gasteiger partial charge in [-0.3, -0.25) is 0 Å². The maximum Gasteiger partial charge on any atom is 0.113 e. The van der Waals surface area contributed by atoms with Crippen molar-refractivity contribution in [2.45, 2.75) is 43.9 Å². The van der Waals surface area contributed by atoms with Crippen LogP contribution in [0.4, 0.5) is 0 Å². The second kappa shape index (κ2) is 8.87. The zero-order chi connectivity index (χ0) is 21.1. The molecule has 3 rings (SSSR count). The van der Waals surface area contributed by atoms with Gasteiger partial charge < -0.3 is 25.2 Å². The molecule has 2 aromatic carbocycles. The van der Waals surface area contributed by atoms with Gasteiger partial charge in [-0.15, -0.1) is 0 Å². The number of aliphatic hydroxyl groups excluding tert-OH is 4. The van der Waals surface area contributed by atoms with Gasteiger partial charge in [0.25, 0.3) is 0 Å². The third-order valence-corrected chi connectivity index (χ3v) is 5.31. The number of aliphatic hydroxyl groups is 4. The molecule has 1 heterocycles. The fourth-order valence-corrected chi connectivity index (χ4v) is 3.55. The maximum atomic E-state index is 10.4. The van der Waals surface area contributed by atoms with E-state index in [9.17, 15) is 25.7 Å². The number of allylic oxidation sites excluding steroid dienone is 1. The minimum atomic E-state index is -1.44. The smallest absolute Gasteiger partial charge is 0.113 e. The monoisotopic (exact) mass is 395 g/mol. The van der Waals surface area contributed by atoms with Crippen molar-refractivity contribution < 1.29 is 25.2 Å². The van der Waals surface area contributed by atoms with Crippen LogP contribution >= 0.6 is 0 Å². The van der Waals surface area contributed by atoms with Crippen LogP contribution in [0.2, 0.25) is 0 Å². The van der Waals surface area contributed by atoms with Gasteiger partial charge >= 0.3 is 0 Å². The first-order valence-corrected chi connectivity index (χ1v) is 9.44. The first kappa shape index (κ1) is 21.2. The number of nitriles is 1. The molecule has 0 bridgehead atoms. The summed E-state index contributed by atoms with van der Waals surface area (Å²) in [5.74, 6) is 0. The number of nitrogens with zero attached hydrogens (tertiary/aromatic N) is 1. The Labute approximate surface area is 169 Å². The number of hydrogen-bond acceptors (Lipinski definition) is 6. The Balaban J connectivity index is 1.90. The molecule has 4 N–H and O–H groups in total. The van der Waals surface area contributed by atoms with E-state index in [-0.39, 0.29) is 0 Å². The summed E-state index contributed by atoms with van der Waals surface area (Å²) in [7, 11) is 0. The molecule has 1 aliphatic heterocycles. The molecule has 1 fully saturated rings. The zero-order valence-electron chi connectivity index (χ0n) is 16.2. The van der Waals surface area contributed by atoms with E-state index in [4.69, 9.17) is 4.74 Å². The van der Waals surface area contributed by atoms with Crippen molar-refractivity contribution in [1.29, 1.82) is 5.26 Å². The highest BCUT2D eigenvalue weighted by Gasteiger charge is 2.44. The molecule has 0 aromatic heterocycles. The van der Waals surface area contributed by atoms with Crippen LogP contribution in [0.15, 0.2) is 49.0 Å². The lowest BCUT2D eigenvalue weighted by Crippen LogP contribution is -2.55. The topological polar surface area (TPSA) is 114 Å². The molecule has 5 atom stereocenters. The standard InChI is InChI=1S/C23H25NO5/c1-13(2)15-5-3-14(4-6-15)9-18-10-16(7-8-17(18)11-24)23-22(28)21(27)20(26)19(12-25)29-23/h3-8,10,19-23,25-28H,1,9,12H2,2H3/t19-,20-,21+,22-,23+/m1/s1. The zero-order valence-corrected chi connectivity index (χ0v) is 16.2. The lowest BCUT2D eigenvalue weighted by atomic mass is 9.89. The molecular formula is C23H25NO5. The molecule has 0 unspecified atom stereocenters. The minimum absolute atomic E-state index is 0.486. The Kier molecular flexibility index (Phi) is 6.48. The Morgan fingerprint density at radius 2 is 1.76 bits per heavy atom. The molecule has 0 amide bonds. The largest absolute Gasteiger partial charge is 0.394 e. The Morgan fingerprint density at radius 3 is 2.34 bits per heavy atom. The maximum absolute atomic E-state index is 10.4. The second-order valence-corrected chi connectivity index (χ2v) is 7.43. The van der Waals surface area contributed by atoms with E-state index in [1.165, 1.54) is 0 Å². The molecule has 152 valence electrons. The van der Waals surface area contributed by atoms with Gasteiger partial charge in [-0.2, -0.15) is 5.26 Å². The Morgan fingerprint density at radius 1 is 1.07 bits per heavy atom. The summed E-state index contributed by atoms with van der Waals surface area (Å²) in [5.41, 5.74) is 4.85. The van der Waals surface area contributed by atoms with Gasteiger partial charge in [0.1, 0.15) is 30.5 Å². The number of benzene rings is 2. The summed E-state index contributed by atoms with van der Waals surface area (Å²) in [5, 5.41) is 49.3. The van der Waals surface area contributed by atoms with Crippen LogP contribution in [0.1, 0.15) is 40.8 Å². The highest BCUT2D eigenvalue weighted by molar-refractivity contribution is 5.61. The predicted molar refractivity (Wildman–Crippen MR) is 108 cm³/mol. The minimum Gasteiger partial charge on any atom is -0.394 e. The van der Waals surface area contributed by atoms with E-state index in [2.05, 4.69) is 12.6 Å². The van der Waals surface area contributed by atoms with E-state index in [0.29, 0.717) is 17.5 Å². The SMILES string of the molecule is C=C(C)c1ccc(Cc2cc([C@@H]3O[C@H](CO)[C@@H](O)[C@H](O)[C@H]3O)ccc2C#N)cc1.